The van der Waals surface area contributed by atoms with Gasteiger partial charge in [-0.15, -0.1) is 0 Å². The fourth-order valence-electron chi connectivity index (χ4n) is 0.683. The average Bonchev–Trinajstić information content (AvgIpc) is 2.29. The molecule has 8 heteroatoms. The van der Waals surface area contributed by atoms with Crippen LogP contribution in [0.5, 0.6) is 0 Å². The second-order valence-electron chi connectivity index (χ2n) is 2.97. The molecular weight excluding hydrogens is 298 g/mol. The van der Waals surface area contributed by atoms with E-state index in [0.717, 1.165) is 13.2 Å². The summed E-state index contributed by atoms with van der Waals surface area (Å²) in [5.41, 5.74) is 0. The molecule has 0 aromatic heterocycles. The van der Waals surface area contributed by atoms with Crippen LogP contribution >= 0.6 is 15.9 Å². The van der Waals surface area contributed by atoms with Gasteiger partial charge in [-0.2, -0.15) is 0 Å². The summed E-state index contributed by atoms with van der Waals surface area (Å²) in [5, 5.41) is 26.5. The number of halogens is 1. The molecule has 0 aromatic rings. The molecule has 0 heterocycles. The van der Waals surface area contributed by atoms with Crippen molar-refractivity contribution in [2.45, 2.75) is 31.5 Å². The van der Waals surface area contributed by atoms with E-state index in [1.165, 1.54) is 0 Å². The summed E-state index contributed by atoms with van der Waals surface area (Å²) in [6.45, 7) is 5.80. The molecule has 0 fully saturated rings. The number of rotatable bonds is 7. The molecule has 0 amide bonds. The number of aliphatic hydroxyl groups excluding tert-OH is 2. The third-order valence-corrected chi connectivity index (χ3v) is 2.41. The quantitative estimate of drug-likeness (QED) is 0.236. The van der Waals surface area contributed by atoms with Crippen LogP contribution in [0.25, 0.3) is 0 Å². The lowest BCUT2D eigenvalue weighted by molar-refractivity contribution is -0.542. The minimum absolute atomic E-state index is 0.0370. The molecule has 0 saturated carbocycles. The molecule has 17 heavy (non-hydrogen) atoms. The second kappa shape index (κ2) is 10.8. The lowest BCUT2D eigenvalue weighted by Gasteiger charge is -2.11. The predicted molar refractivity (Wildman–Crippen MR) is 65.5 cm³/mol. The van der Waals surface area contributed by atoms with E-state index >= 15 is 0 Å². The highest BCUT2D eigenvalue weighted by Crippen LogP contribution is 2.15. The van der Waals surface area contributed by atoms with Crippen LogP contribution in [0.1, 0.15) is 20.8 Å². The Morgan fingerprint density at radius 3 is 1.76 bits per heavy atom. The van der Waals surface area contributed by atoms with Crippen LogP contribution in [-0.4, -0.2) is 52.3 Å². The number of ether oxygens (including phenoxy) is 2. The van der Waals surface area contributed by atoms with Crippen molar-refractivity contribution in [1.82, 2.24) is 0 Å². The Morgan fingerprint density at radius 1 is 1.29 bits per heavy atom. The summed E-state index contributed by atoms with van der Waals surface area (Å²) in [4.78, 5) is 9.14. The summed E-state index contributed by atoms with van der Waals surface area (Å²) in [5.74, 6) is 0. The third kappa shape index (κ3) is 9.42. The van der Waals surface area contributed by atoms with Crippen molar-refractivity contribution in [3.05, 3.63) is 10.1 Å². The van der Waals surface area contributed by atoms with Gasteiger partial charge in [-0.1, -0.05) is 0 Å². The van der Waals surface area contributed by atoms with Crippen molar-refractivity contribution in [1.29, 1.82) is 0 Å². The van der Waals surface area contributed by atoms with Gasteiger partial charge in [-0.25, -0.2) is 0 Å². The molecule has 0 bridgehead atoms. The standard InChI is InChI=1S/C6H14O2.C3H6BrNO4/c1-4-7-6(3)8-5-2;4-3(1-6,2-7)5(8)9/h6H,4-5H2,1-3H3;6-7H,1-2H2. The van der Waals surface area contributed by atoms with Crippen LogP contribution in [0, 0.1) is 10.1 Å². The van der Waals surface area contributed by atoms with Crippen LogP contribution in [-0.2, 0) is 9.47 Å². The van der Waals surface area contributed by atoms with Gasteiger partial charge in [0.15, 0.2) is 6.29 Å². The molecule has 2 N–H and O–H groups in total. The Hall–Kier alpha value is -0.280. The van der Waals surface area contributed by atoms with Crippen LogP contribution in [0.2, 0.25) is 0 Å². The van der Waals surface area contributed by atoms with Gasteiger partial charge in [-0.05, 0) is 20.8 Å². The Labute approximate surface area is 109 Å². The number of alkyl halides is 1. The first kappa shape index (κ1) is 19.1. The van der Waals surface area contributed by atoms with Crippen molar-refractivity contribution in [2.75, 3.05) is 26.4 Å². The highest BCUT2D eigenvalue weighted by Gasteiger charge is 2.38. The van der Waals surface area contributed by atoms with Gasteiger partial charge in [0.2, 0.25) is 0 Å². The first-order chi connectivity index (χ1) is 7.87. The fraction of sp³-hybridized carbons (Fsp3) is 1.00. The lowest BCUT2D eigenvalue weighted by Crippen LogP contribution is -2.39. The Balaban J connectivity index is 0. The third-order valence-electron chi connectivity index (χ3n) is 1.61. The summed E-state index contributed by atoms with van der Waals surface area (Å²) in [6.07, 6.45) is -0.0370. The highest BCUT2D eigenvalue weighted by atomic mass is 79.9. The zero-order valence-electron chi connectivity index (χ0n) is 10.3. The van der Waals surface area contributed by atoms with E-state index < -0.39 is 22.6 Å². The highest BCUT2D eigenvalue weighted by molar-refractivity contribution is 9.10. The van der Waals surface area contributed by atoms with Crippen LogP contribution in [0.4, 0.5) is 0 Å². The molecular formula is C9H20BrNO6. The normalized spacial score (nSPS) is 11.0. The van der Waals surface area contributed by atoms with Gasteiger partial charge in [0.25, 0.3) is 0 Å². The van der Waals surface area contributed by atoms with Gasteiger partial charge in [0.1, 0.15) is 13.2 Å². The molecule has 0 aromatic carbocycles. The Kier molecular flexibility index (Phi) is 12.2. The van der Waals surface area contributed by atoms with E-state index in [0.29, 0.717) is 0 Å². The maximum absolute atomic E-state index is 9.92. The fourth-order valence-corrected chi connectivity index (χ4v) is 0.683. The maximum atomic E-state index is 9.92. The van der Waals surface area contributed by atoms with Crippen molar-refractivity contribution in [2.24, 2.45) is 0 Å². The second-order valence-corrected chi connectivity index (χ2v) is 4.45. The lowest BCUT2D eigenvalue weighted by atomic mass is 10.4. The molecule has 0 aliphatic carbocycles. The maximum Gasteiger partial charge on any atom is 0.319 e. The minimum Gasteiger partial charge on any atom is -0.388 e. The monoisotopic (exact) mass is 317 g/mol. The van der Waals surface area contributed by atoms with Crippen molar-refractivity contribution in [3.63, 3.8) is 0 Å². The Morgan fingerprint density at radius 2 is 1.65 bits per heavy atom. The van der Waals surface area contributed by atoms with Gasteiger partial charge in [-0.3, -0.25) is 10.1 Å². The van der Waals surface area contributed by atoms with E-state index in [2.05, 4.69) is 15.9 Å². The molecule has 0 saturated heterocycles. The number of nitro groups is 1. The molecule has 0 spiro atoms. The first-order valence-electron chi connectivity index (χ1n) is 5.16. The number of hydrogen-bond donors (Lipinski definition) is 2. The summed E-state index contributed by atoms with van der Waals surface area (Å²) < 4.78 is 8.35. The molecule has 0 atom stereocenters. The smallest absolute Gasteiger partial charge is 0.319 e. The predicted octanol–water partition coefficient (Wildman–Crippen LogP) is 0.744. The topological polar surface area (TPSA) is 102 Å². The van der Waals surface area contributed by atoms with Crippen LogP contribution in [0.15, 0.2) is 0 Å². The zero-order valence-corrected chi connectivity index (χ0v) is 11.8. The SMILES string of the molecule is CCOC(C)OCC.O=[N+]([O-])C(Br)(CO)CO. The summed E-state index contributed by atoms with van der Waals surface area (Å²) >= 11 is 2.55. The van der Waals surface area contributed by atoms with Gasteiger partial charge < -0.3 is 19.7 Å². The molecule has 7 nitrogen and oxygen atoms in total. The molecule has 104 valence electrons. The van der Waals surface area contributed by atoms with E-state index in [9.17, 15) is 10.1 Å². The number of aliphatic hydroxyl groups is 2. The van der Waals surface area contributed by atoms with E-state index in [1.54, 1.807) is 0 Å². The summed E-state index contributed by atoms with van der Waals surface area (Å²) in [6, 6.07) is 0. The van der Waals surface area contributed by atoms with Gasteiger partial charge in [0, 0.05) is 34.1 Å². The number of nitrogens with zero attached hydrogens (tertiary/aromatic N) is 1. The number of hydrogen-bond acceptors (Lipinski definition) is 6. The molecule has 0 aliphatic heterocycles. The summed E-state index contributed by atoms with van der Waals surface area (Å²) in [7, 11) is 0. The zero-order chi connectivity index (χ0) is 13.9. The largest absolute Gasteiger partial charge is 0.388 e. The molecule has 0 radical (unpaired) electrons. The molecule has 0 unspecified atom stereocenters. The Bertz CT molecular complexity index is 194. The minimum atomic E-state index is -1.77. The van der Waals surface area contributed by atoms with E-state index in [1.807, 2.05) is 20.8 Å². The van der Waals surface area contributed by atoms with Crippen molar-refractivity contribution >= 4 is 15.9 Å². The van der Waals surface area contributed by atoms with Gasteiger partial charge >= 0.3 is 4.45 Å². The van der Waals surface area contributed by atoms with Gasteiger partial charge in [0.05, 0.1) is 0 Å². The average molecular weight is 318 g/mol. The molecule has 0 aliphatic rings. The van der Waals surface area contributed by atoms with Crippen molar-refractivity contribution < 1.29 is 24.6 Å². The van der Waals surface area contributed by atoms with Crippen LogP contribution in [0.3, 0.4) is 0 Å². The van der Waals surface area contributed by atoms with E-state index in [4.69, 9.17) is 19.7 Å². The first-order valence-corrected chi connectivity index (χ1v) is 5.95. The molecule has 0 rings (SSSR count). The van der Waals surface area contributed by atoms with Crippen molar-refractivity contribution in [3.8, 4) is 0 Å². The van der Waals surface area contributed by atoms with Crippen LogP contribution < -0.4 is 0 Å². The van der Waals surface area contributed by atoms with E-state index in [-0.39, 0.29) is 6.29 Å².